The number of rotatable bonds is 6. The molecule has 1 amide bonds. The molecule has 0 aliphatic carbocycles. The Hall–Kier alpha value is -3.04. The van der Waals surface area contributed by atoms with Crippen molar-refractivity contribution in [3.05, 3.63) is 88.4 Å². The van der Waals surface area contributed by atoms with E-state index in [1.54, 1.807) is 43.3 Å². The van der Waals surface area contributed by atoms with Gasteiger partial charge in [0.2, 0.25) is 5.91 Å². The maximum absolute atomic E-state index is 13.4. The molecule has 174 valence electrons. The summed E-state index contributed by atoms with van der Waals surface area (Å²) in [6.07, 6.45) is -4.63. The van der Waals surface area contributed by atoms with E-state index >= 15 is 0 Å². The van der Waals surface area contributed by atoms with Crippen LogP contribution in [0.1, 0.15) is 16.7 Å². The molecule has 0 aliphatic heterocycles. The molecule has 0 fully saturated rings. The lowest BCUT2D eigenvalue weighted by Gasteiger charge is -2.26. The summed E-state index contributed by atoms with van der Waals surface area (Å²) < 4.78 is 66.8. The van der Waals surface area contributed by atoms with Crippen LogP contribution in [0.15, 0.2) is 71.6 Å². The fourth-order valence-corrected chi connectivity index (χ4v) is 4.89. The lowest BCUT2D eigenvalue weighted by molar-refractivity contribution is -0.137. The van der Waals surface area contributed by atoms with Gasteiger partial charge in [-0.2, -0.15) is 13.2 Å². The van der Waals surface area contributed by atoms with Gasteiger partial charge in [-0.05, 0) is 55.8 Å². The average molecular weight is 497 g/mol. The first kappa shape index (κ1) is 24.6. The molecule has 0 unspecified atom stereocenters. The molecule has 3 rings (SSSR count). The number of carbonyl (C=O) groups is 1. The summed E-state index contributed by atoms with van der Waals surface area (Å²) in [5, 5.41) is 2.19. The number of hydrogen-bond acceptors (Lipinski definition) is 3. The summed E-state index contributed by atoms with van der Waals surface area (Å²) in [6, 6.07) is 15.1. The van der Waals surface area contributed by atoms with E-state index in [0.29, 0.717) is 11.6 Å². The molecule has 0 heterocycles. The van der Waals surface area contributed by atoms with Crippen LogP contribution in [-0.2, 0) is 21.0 Å². The predicted molar refractivity (Wildman–Crippen MR) is 122 cm³/mol. The molecule has 0 saturated heterocycles. The number of halogens is 4. The Bertz CT molecular complexity index is 1280. The van der Waals surface area contributed by atoms with Gasteiger partial charge in [-0.1, -0.05) is 47.5 Å². The zero-order valence-corrected chi connectivity index (χ0v) is 19.2. The number of aryl methyl sites for hydroxylation is 2. The van der Waals surface area contributed by atoms with Crippen molar-refractivity contribution in [3.8, 4) is 0 Å². The molecular formula is C23H20ClF3N2O3S. The van der Waals surface area contributed by atoms with Gasteiger partial charge in [0.25, 0.3) is 10.0 Å². The maximum atomic E-state index is 13.4. The third-order valence-corrected chi connectivity index (χ3v) is 6.91. The van der Waals surface area contributed by atoms with Crippen LogP contribution in [-0.4, -0.2) is 20.9 Å². The largest absolute Gasteiger partial charge is 0.416 e. The van der Waals surface area contributed by atoms with Gasteiger partial charge in [-0.15, -0.1) is 0 Å². The monoisotopic (exact) mass is 496 g/mol. The van der Waals surface area contributed by atoms with E-state index in [9.17, 15) is 26.4 Å². The first-order chi connectivity index (χ1) is 15.4. The van der Waals surface area contributed by atoms with Crippen LogP contribution in [0.2, 0.25) is 5.02 Å². The molecule has 0 aliphatic rings. The molecule has 0 bridgehead atoms. The number of benzene rings is 3. The highest BCUT2D eigenvalue weighted by Gasteiger charge is 2.32. The van der Waals surface area contributed by atoms with E-state index in [4.69, 9.17) is 11.6 Å². The number of anilines is 2. The number of nitrogens with zero attached hydrogens (tertiary/aromatic N) is 1. The van der Waals surface area contributed by atoms with Gasteiger partial charge >= 0.3 is 6.18 Å². The van der Waals surface area contributed by atoms with Gasteiger partial charge in [0.15, 0.2) is 0 Å². The highest BCUT2D eigenvalue weighted by atomic mass is 35.5. The van der Waals surface area contributed by atoms with E-state index in [-0.39, 0.29) is 21.3 Å². The zero-order chi connectivity index (χ0) is 24.4. The van der Waals surface area contributed by atoms with Crippen LogP contribution in [0.5, 0.6) is 0 Å². The van der Waals surface area contributed by atoms with Crippen LogP contribution in [0.3, 0.4) is 0 Å². The first-order valence-corrected chi connectivity index (χ1v) is 11.5. The Morgan fingerprint density at radius 3 is 2.27 bits per heavy atom. The number of amides is 1. The molecule has 0 atom stereocenters. The first-order valence-electron chi connectivity index (χ1n) is 9.71. The summed E-state index contributed by atoms with van der Waals surface area (Å²) in [6.45, 7) is 2.88. The smallest absolute Gasteiger partial charge is 0.323 e. The van der Waals surface area contributed by atoms with Crippen molar-refractivity contribution >= 4 is 38.9 Å². The quantitative estimate of drug-likeness (QED) is 0.468. The van der Waals surface area contributed by atoms with Crippen molar-refractivity contribution in [2.45, 2.75) is 24.9 Å². The minimum absolute atomic E-state index is 0.0325. The van der Waals surface area contributed by atoms with Crippen LogP contribution in [0, 0.1) is 13.8 Å². The second-order valence-electron chi connectivity index (χ2n) is 7.36. The minimum Gasteiger partial charge on any atom is -0.323 e. The molecule has 10 heteroatoms. The Morgan fingerprint density at radius 1 is 1.00 bits per heavy atom. The second kappa shape index (κ2) is 9.44. The summed E-state index contributed by atoms with van der Waals surface area (Å²) in [7, 11) is -4.16. The molecule has 3 aromatic carbocycles. The summed E-state index contributed by atoms with van der Waals surface area (Å²) in [5.74, 6) is -0.851. The number of carbonyl (C=O) groups excluding carboxylic acids is 1. The lowest BCUT2D eigenvalue weighted by Crippen LogP contribution is -2.38. The second-order valence-corrected chi connectivity index (χ2v) is 9.62. The van der Waals surface area contributed by atoms with Crippen LogP contribution in [0.25, 0.3) is 0 Å². The third kappa shape index (κ3) is 5.66. The zero-order valence-electron chi connectivity index (χ0n) is 17.7. The molecule has 0 radical (unpaired) electrons. The van der Waals surface area contributed by atoms with Gasteiger partial charge in [0.1, 0.15) is 6.54 Å². The number of hydrogen-bond donors (Lipinski definition) is 1. The summed E-state index contributed by atoms with van der Waals surface area (Å²) in [5.41, 5.74) is 0.516. The van der Waals surface area contributed by atoms with Crippen molar-refractivity contribution in [3.63, 3.8) is 0 Å². The standard InChI is InChI=1S/C23H20ClF3N2O3S/c1-15-8-11-21(16(2)12-15)29(33(31,32)18-6-4-3-5-7-18)14-22(30)28-20-13-17(23(25,26)27)9-10-19(20)24/h3-13H,14H2,1-2H3,(H,28,30). The van der Waals surface area contributed by atoms with Crippen LogP contribution in [0.4, 0.5) is 24.5 Å². The fraction of sp³-hybridized carbons (Fsp3) is 0.174. The Morgan fingerprint density at radius 2 is 1.67 bits per heavy atom. The van der Waals surface area contributed by atoms with Crippen molar-refractivity contribution in [2.24, 2.45) is 0 Å². The molecule has 33 heavy (non-hydrogen) atoms. The topological polar surface area (TPSA) is 66.5 Å². The van der Waals surface area contributed by atoms with Crippen molar-refractivity contribution in [1.82, 2.24) is 0 Å². The normalized spacial score (nSPS) is 11.8. The maximum Gasteiger partial charge on any atom is 0.416 e. The molecule has 3 aromatic rings. The van der Waals surface area contributed by atoms with E-state index in [1.165, 1.54) is 12.1 Å². The number of alkyl halides is 3. The highest BCUT2D eigenvalue weighted by molar-refractivity contribution is 7.92. The Labute approximate surface area is 194 Å². The van der Waals surface area contributed by atoms with Gasteiger partial charge in [-0.3, -0.25) is 9.10 Å². The van der Waals surface area contributed by atoms with Gasteiger partial charge in [0, 0.05) is 0 Å². The summed E-state index contributed by atoms with van der Waals surface area (Å²) in [4.78, 5) is 12.8. The van der Waals surface area contributed by atoms with Gasteiger partial charge < -0.3 is 5.32 Å². The van der Waals surface area contributed by atoms with E-state index in [1.807, 2.05) is 6.92 Å². The Balaban J connectivity index is 1.98. The molecular weight excluding hydrogens is 477 g/mol. The molecule has 0 spiro atoms. The molecule has 0 aromatic heterocycles. The van der Waals surface area contributed by atoms with Gasteiger partial charge in [-0.25, -0.2) is 8.42 Å². The van der Waals surface area contributed by atoms with Gasteiger partial charge in [0.05, 0.1) is 26.9 Å². The minimum atomic E-state index is -4.63. The Kier molecular flexibility index (Phi) is 7.04. The van der Waals surface area contributed by atoms with E-state index in [2.05, 4.69) is 5.32 Å². The van der Waals surface area contributed by atoms with Crippen LogP contribution >= 0.6 is 11.6 Å². The SMILES string of the molecule is Cc1ccc(N(CC(=O)Nc2cc(C(F)(F)F)ccc2Cl)S(=O)(=O)c2ccccc2)c(C)c1. The number of sulfonamides is 1. The van der Waals surface area contributed by atoms with Crippen LogP contribution < -0.4 is 9.62 Å². The van der Waals surface area contributed by atoms with E-state index < -0.39 is 34.2 Å². The average Bonchev–Trinajstić information content (AvgIpc) is 2.74. The summed E-state index contributed by atoms with van der Waals surface area (Å²) >= 11 is 5.96. The lowest BCUT2D eigenvalue weighted by atomic mass is 10.1. The van der Waals surface area contributed by atoms with E-state index in [0.717, 1.165) is 22.0 Å². The third-order valence-electron chi connectivity index (χ3n) is 4.81. The van der Waals surface area contributed by atoms with Crippen molar-refractivity contribution in [1.29, 1.82) is 0 Å². The molecule has 0 saturated carbocycles. The molecule has 5 nitrogen and oxygen atoms in total. The molecule has 1 N–H and O–H groups in total. The number of nitrogens with one attached hydrogen (secondary N) is 1. The fourth-order valence-electron chi connectivity index (χ4n) is 3.22. The highest BCUT2D eigenvalue weighted by Crippen LogP contribution is 2.34. The van der Waals surface area contributed by atoms with Crippen molar-refractivity contribution < 1.29 is 26.4 Å². The predicted octanol–water partition coefficient (Wildman–Crippen LogP) is 5.81. The van der Waals surface area contributed by atoms with Crippen molar-refractivity contribution in [2.75, 3.05) is 16.2 Å².